The topological polar surface area (TPSA) is 31.5 Å². The zero-order valence-corrected chi connectivity index (χ0v) is 7.21. The minimum atomic E-state index is -0.0880. The molecule has 0 amide bonds. The first-order chi connectivity index (χ1) is 2.27. The van der Waals surface area contributed by atoms with Crippen LogP contribution in [0.5, 0.6) is 0 Å². The normalized spacial score (nSPS) is 5.71. The summed E-state index contributed by atoms with van der Waals surface area (Å²) < 4.78 is -0.0880. The summed E-state index contributed by atoms with van der Waals surface area (Å²) in [5.41, 5.74) is 0. The van der Waals surface area contributed by atoms with E-state index < -0.39 is 0 Å². The zero-order valence-electron chi connectivity index (χ0n) is 3.79. The van der Waals surface area contributed by atoms with Gasteiger partial charge in [0.05, 0.1) is 0 Å². The average Bonchev–Trinajstić information content (AvgIpc) is 1.38. The fourth-order valence-electron chi connectivity index (χ4n) is 0. The van der Waals surface area contributed by atoms with Crippen molar-refractivity contribution in [3.05, 3.63) is 0 Å². The van der Waals surface area contributed by atoms with Gasteiger partial charge in [-0.25, -0.2) is 0 Å². The number of halogens is 3. The van der Waals surface area contributed by atoms with Gasteiger partial charge in [0.1, 0.15) is 0 Å². The molecule has 0 fully saturated rings. The minimum absolute atomic E-state index is 0. The molecular formula is C2H6AlCl3O. The Kier molecular flexibility index (Phi) is 23.3. The van der Waals surface area contributed by atoms with E-state index in [9.17, 15) is 0 Å². The van der Waals surface area contributed by atoms with E-state index in [4.69, 9.17) is 23.2 Å². The van der Waals surface area contributed by atoms with Crippen molar-refractivity contribution in [2.24, 2.45) is 0 Å². The van der Waals surface area contributed by atoms with Crippen LogP contribution in [-0.4, -0.2) is 24.4 Å². The Hall–Kier alpha value is 1.36. The third kappa shape index (κ3) is 18.7. The van der Waals surface area contributed by atoms with E-state index >= 15 is 0 Å². The molecule has 0 unspecified atom stereocenters. The van der Waals surface area contributed by atoms with E-state index in [0.717, 1.165) is 0 Å². The molecule has 0 radical (unpaired) electrons. The van der Waals surface area contributed by atoms with Gasteiger partial charge in [-0.05, 0) is 0 Å². The zero-order chi connectivity index (χ0) is 4.28. The Morgan fingerprint density at radius 2 is 1.57 bits per heavy atom. The molecule has 0 aromatic rings. The van der Waals surface area contributed by atoms with Gasteiger partial charge in [0.2, 0.25) is 0 Å². The summed E-state index contributed by atoms with van der Waals surface area (Å²) in [6.45, 7) is 0. The van der Waals surface area contributed by atoms with Crippen molar-refractivity contribution < 1.29 is 17.9 Å². The Bertz CT molecular complexity index is 26.9. The monoisotopic (exact) mass is 178 g/mol. The summed E-state index contributed by atoms with van der Waals surface area (Å²) in [7, 11) is 0. The third-order valence-electron chi connectivity index (χ3n) is 0.252. The summed E-state index contributed by atoms with van der Waals surface area (Å²) in [5.74, 6) is 2.02. The summed E-state index contributed by atoms with van der Waals surface area (Å²) in [6.07, 6.45) is 0. The quantitative estimate of drug-likeness (QED) is 0.320. The first-order valence-electron chi connectivity index (χ1n) is 1.35. The molecule has 0 spiro atoms. The Labute approximate surface area is 65.8 Å². The van der Waals surface area contributed by atoms with Gasteiger partial charge in [0.15, 0.2) is 0 Å². The van der Waals surface area contributed by atoms with Crippen molar-refractivity contribution in [3.63, 3.8) is 0 Å². The molecule has 1 nitrogen and oxygen atoms in total. The molecular weight excluding hydrogens is 173 g/mol. The molecule has 0 atom stereocenters. The Morgan fingerprint density at radius 1 is 1.43 bits per heavy atom. The van der Waals surface area contributed by atoms with Gasteiger partial charge >= 0.3 is 47.9 Å². The summed E-state index contributed by atoms with van der Waals surface area (Å²) in [5, 5.41) is 0. The molecule has 0 bridgehead atoms. The van der Waals surface area contributed by atoms with Crippen molar-refractivity contribution in [2.45, 2.75) is 9.48 Å². The first-order valence-corrected chi connectivity index (χ1v) is 4.04. The maximum Gasteiger partial charge on any atom is -1.00 e. The number of rotatable bonds is 1. The van der Waals surface area contributed by atoms with Crippen LogP contribution in [0.15, 0.2) is 0 Å². The Balaban J connectivity index is -0.0000000800. The molecule has 0 aliphatic carbocycles. The second-order valence-electron chi connectivity index (χ2n) is 0.668. The van der Waals surface area contributed by atoms with E-state index in [1.54, 1.807) is 0 Å². The van der Waals surface area contributed by atoms with Crippen molar-refractivity contribution in [1.82, 2.24) is 0 Å². The Morgan fingerprint density at radius 3 is 1.57 bits per heavy atom. The summed E-state index contributed by atoms with van der Waals surface area (Å²) in [6, 6.07) is 0. The molecule has 0 saturated heterocycles. The maximum atomic E-state index is 5.26. The second-order valence-corrected chi connectivity index (χ2v) is 4.01. The van der Waals surface area contributed by atoms with Crippen LogP contribution >= 0.6 is 23.2 Å². The molecule has 0 aromatic carbocycles. The molecule has 5 heteroatoms. The predicted octanol–water partition coefficient (Wildman–Crippen LogP) is -2.32. The molecule has 44 valence electrons. The van der Waals surface area contributed by atoms with Crippen molar-refractivity contribution in [2.75, 3.05) is 0 Å². The van der Waals surface area contributed by atoms with Crippen LogP contribution in [0.25, 0.3) is 0 Å². The van der Waals surface area contributed by atoms with Crippen molar-refractivity contribution in [3.8, 4) is 0 Å². The van der Waals surface area contributed by atoms with Crippen molar-refractivity contribution >= 4 is 38.4 Å². The van der Waals surface area contributed by atoms with E-state index in [2.05, 4.69) is 0 Å². The van der Waals surface area contributed by atoms with Gasteiger partial charge in [0.25, 0.3) is 0 Å². The standard InChI is InChI=1S/CHCl2.CH3.Al.ClH.H2O/c2-1-3;;;;/h1H;1H3;;1H;1H2/q;;+1;;/p-1. The van der Waals surface area contributed by atoms with Crippen LogP contribution in [0.1, 0.15) is 0 Å². The molecule has 0 aliphatic rings. The summed E-state index contributed by atoms with van der Waals surface area (Å²) >= 11 is 10.8. The minimum Gasteiger partial charge on any atom is -1.00 e. The van der Waals surface area contributed by atoms with Crippen molar-refractivity contribution in [1.29, 1.82) is 0 Å². The predicted molar refractivity (Wildman–Crippen MR) is 30.7 cm³/mol. The third-order valence-corrected chi connectivity index (χ3v) is 2.27. The molecule has 2 N–H and O–H groups in total. The first kappa shape index (κ1) is 15.8. The smallest absolute Gasteiger partial charge is 1.00 e. The number of alkyl halides is 2. The van der Waals surface area contributed by atoms with E-state index in [1.165, 1.54) is 0 Å². The maximum absolute atomic E-state index is 5.26. The van der Waals surface area contributed by atoms with Gasteiger partial charge in [-0.1, -0.05) is 0 Å². The van der Waals surface area contributed by atoms with Gasteiger partial charge in [-0.2, -0.15) is 0 Å². The summed E-state index contributed by atoms with van der Waals surface area (Å²) in [4.78, 5) is 0. The number of hydrogen-bond acceptors (Lipinski definition) is 0. The molecule has 0 aromatic heterocycles. The van der Waals surface area contributed by atoms with Crippen LogP contribution in [0.3, 0.4) is 0 Å². The van der Waals surface area contributed by atoms with E-state index in [0.29, 0.717) is 0 Å². The van der Waals surface area contributed by atoms with E-state index in [1.807, 2.05) is 5.79 Å². The van der Waals surface area contributed by atoms with Crippen LogP contribution < -0.4 is 12.4 Å². The molecule has 0 rings (SSSR count). The molecule has 0 heterocycles. The fourth-order valence-corrected chi connectivity index (χ4v) is 0. The molecule has 7 heavy (non-hydrogen) atoms. The second kappa shape index (κ2) is 10.4. The SMILES string of the molecule is O.[CH3][Al+][CH](Cl)Cl.[Cl-]. The molecule has 0 aliphatic heterocycles. The van der Waals surface area contributed by atoms with Gasteiger partial charge in [0, 0.05) is 0 Å². The van der Waals surface area contributed by atoms with E-state index in [-0.39, 0.29) is 36.8 Å². The fraction of sp³-hybridized carbons (Fsp3) is 1.00. The van der Waals surface area contributed by atoms with Crippen LogP contribution in [-0.2, 0) is 0 Å². The average molecular weight is 179 g/mol. The van der Waals surface area contributed by atoms with Crippen LogP contribution in [0.2, 0.25) is 5.79 Å². The molecule has 0 saturated carbocycles. The number of hydrogen-bond donors (Lipinski definition) is 0. The van der Waals surface area contributed by atoms with Crippen LogP contribution in [0, 0.1) is 0 Å². The largest absolute Gasteiger partial charge is 1.00 e. The van der Waals surface area contributed by atoms with Gasteiger partial charge in [-0.15, -0.1) is 0 Å². The van der Waals surface area contributed by atoms with Gasteiger partial charge < -0.3 is 17.9 Å². The van der Waals surface area contributed by atoms with Gasteiger partial charge in [-0.3, -0.25) is 0 Å². The van der Waals surface area contributed by atoms with Crippen LogP contribution in [0.4, 0.5) is 0 Å².